The molecule has 1 amide bonds. The molecule has 0 aromatic carbocycles. The van der Waals surface area contributed by atoms with Crippen molar-refractivity contribution in [3.63, 3.8) is 0 Å². The highest BCUT2D eigenvalue weighted by Gasteiger charge is 2.20. The zero-order valence-electron chi connectivity index (χ0n) is 9.82. The molecule has 5 heteroatoms. The Labute approximate surface area is 106 Å². The first-order valence-electron chi connectivity index (χ1n) is 5.74. The lowest BCUT2D eigenvalue weighted by atomic mass is 10.1. The van der Waals surface area contributed by atoms with E-state index >= 15 is 0 Å². The molecular weight excluding hydrogens is 238 g/mol. The first kappa shape index (κ1) is 12.3. The van der Waals surface area contributed by atoms with Gasteiger partial charge in [0.1, 0.15) is 5.15 Å². The molecule has 2 rings (SSSR count). The summed E-state index contributed by atoms with van der Waals surface area (Å²) in [5, 5.41) is 3.17. The third-order valence-electron chi connectivity index (χ3n) is 3.04. The lowest BCUT2D eigenvalue weighted by Gasteiger charge is -2.11. The SMILES string of the molecule is CN1CCC(CNC(=O)c2cccnc2Cl)C1. The number of rotatable bonds is 3. The van der Waals surface area contributed by atoms with E-state index in [-0.39, 0.29) is 11.1 Å². The monoisotopic (exact) mass is 253 g/mol. The van der Waals surface area contributed by atoms with Gasteiger partial charge in [0.05, 0.1) is 5.56 Å². The van der Waals surface area contributed by atoms with Crippen LogP contribution in [-0.2, 0) is 0 Å². The van der Waals surface area contributed by atoms with Gasteiger partial charge in [-0.05, 0) is 38.1 Å². The summed E-state index contributed by atoms with van der Waals surface area (Å²) in [5.74, 6) is 0.400. The number of likely N-dealkylation sites (tertiary alicyclic amines) is 1. The molecular formula is C12H16ClN3O. The highest BCUT2D eigenvalue weighted by atomic mass is 35.5. The van der Waals surface area contributed by atoms with E-state index in [1.807, 2.05) is 0 Å². The predicted octanol–water partition coefficient (Wildman–Crippen LogP) is 1.42. The van der Waals surface area contributed by atoms with Crippen LogP contribution in [-0.4, -0.2) is 42.5 Å². The van der Waals surface area contributed by atoms with Crippen LogP contribution in [0.15, 0.2) is 18.3 Å². The fraction of sp³-hybridized carbons (Fsp3) is 0.500. The van der Waals surface area contributed by atoms with E-state index in [2.05, 4.69) is 22.2 Å². The third-order valence-corrected chi connectivity index (χ3v) is 3.35. The topological polar surface area (TPSA) is 45.2 Å². The summed E-state index contributed by atoms with van der Waals surface area (Å²) in [7, 11) is 2.10. The maximum Gasteiger partial charge on any atom is 0.254 e. The molecule has 1 unspecified atom stereocenters. The van der Waals surface area contributed by atoms with Crippen LogP contribution in [0.2, 0.25) is 5.15 Å². The maximum absolute atomic E-state index is 11.9. The van der Waals surface area contributed by atoms with E-state index in [1.54, 1.807) is 18.3 Å². The van der Waals surface area contributed by atoms with Gasteiger partial charge in [-0.25, -0.2) is 4.98 Å². The molecule has 0 radical (unpaired) electrons. The van der Waals surface area contributed by atoms with Gasteiger partial charge >= 0.3 is 0 Å². The van der Waals surface area contributed by atoms with Crippen molar-refractivity contribution in [2.75, 3.05) is 26.7 Å². The van der Waals surface area contributed by atoms with Crippen LogP contribution in [0, 0.1) is 5.92 Å². The molecule has 4 nitrogen and oxygen atoms in total. The molecule has 1 aliphatic rings. The smallest absolute Gasteiger partial charge is 0.254 e. The number of carbonyl (C=O) groups excluding carboxylic acids is 1. The number of hydrogen-bond acceptors (Lipinski definition) is 3. The largest absolute Gasteiger partial charge is 0.352 e. The van der Waals surface area contributed by atoms with Gasteiger partial charge in [-0.3, -0.25) is 4.79 Å². The quantitative estimate of drug-likeness (QED) is 0.829. The van der Waals surface area contributed by atoms with Crippen molar-refractivity contribution >= 4 is 17.5 Å². The second kappa shape index (κ2) is 5.47. The molecule has 1 aromatic rings. The third kappa shape index (κ3) is 3.17. The van der Waals surface area contributed by atoms with E-state index in [0.717, 1.165) is 19.5 Å². The minimum atomic E-state index is -0.141. The van der Waals surface area contributed by atoms with Crippen molar-refractivity contribution in [2.24, 2.45) is 5.92 Å². The number of nitrogens with one attached hydrogen (secondary N) is 1. The van der Waals surface area contributed by atoms with Crippen molar-refractivity contribution < 1.29 is 4.79 Å². The molecule has 1 fully saturated rings. The average molecular weight is 254 g/mol. The summed E-state index contributed by atoms with van der Waals surface area (Å²) in [6.07, 6.45) is 2.71. The number of aromatic nitrogens is 1. The highest BCUT2D eigenvalue weighted by molar-refractivity contribution is 6.32. The van der Waals surface area contributed by atoms with Crippen LogP contribution in [0.5, 0.6) is 0 Å². The summed E-state index contributed by atoms with van der Waals surface area (Å²) >= 11 is 5.86. The van der Waals surface area contributed by atoms with Gasteiger partial charge < -0.3 is 10.2 Å². The van der Waals surface area contributed by atoms with Gasteiger partial charge in [0, 0.05) is 19.3 Å². The standard InChI is InChI=1S/C12H16ClN3O/c1-16-6-4-9(8-16)7-15-12(17)10-3-2-5-14-11(10)13/h2-3,5,9H,4,6-8H2,1H3,(H,15,17). The highest BCUT2D eigenvalue weighted by Crippen LogP contribution is 2.14. The van der Waals surface area contributed by atoms with Crippen molar-refractivity contribution in [1.82, 2.24) is 15.2 Å². The van der Waals surface area contributed by atoms with Gasteiger partial charge in [0.25, 0.3) is 5.91 Å². The molecule has 0 bridgehead atoms. The normalized spacial score (nSPS) is 20.5. The van der Waals surface area contributed by atoms with Crippen LogP contribution in [0.25, 0.3) is 0 Å². The van der Waals surface area contributed by atoms with Crippen LogP contribution >= 0.6 is 11.6 Å². The van der Waals surface area contributed by atoms with E-state index in [1.165, 1.54) is 0 Å². The minimum absolute atomic E-state index is 0.141. The number of carbonyl (C=O) groups is 1. The summed E-state index contributed by atoms with van der Waals surface area (Å²) in [6.45, 7) is 2.85. The molecule has 0 aliphatic carbocycles. The zero-order chi connectivity index (χ0) is 12.3. The molecule has 1 saturated heterocycles. The molecule has 1 N–H and O–H groups in total. The van der Waals surface area contributed by atoms with Crippen LogP contribution in [0.4, 0.5) is 0 Å². The molecule has 17 heavy (non-hydrogen) atoms. The van der Waals surface area contributed by atoms with Gasteiger partial charge in [-0.15, -0.1) is 0 Å². The Morgan fingerprint density at radius 2 is 2.53 bits per heavy atom. The Balaban J connectivity index is 1.88. The Bertz CT molecular complexity index is 410. The van der Waals surface area contributed by atoms with Gasteiger partial charge in [0.15, 0.2) is 0 Å². The van der Waals surface area contributed by atoms with E-state index in [9.17, 15) is 4.79 Å². The predicted molar refractivity (Wildman–Crippen MR) is 67.2 cm³/mol. The molecule has 92 valence electrons. The second-order valence-corrected chi connectivity index (χ2v) is 4.83. The number of hydrogen-bond donors (Lipinski definition) is 1. The van der Waals surface area contributed by atoms with Crippen LogP contribution in [0.3, 0.4) is 0 Å². The fourth-order valence-electron chi connectivity index (χ4n) is 2.08. The molecule has 1 atom stereocenters. The first-order chi connectivity index (χ1) is 8.16. The molecule has 0 spiro atoms. The summed E-state index contributed by atoms with van der Waals surface area (Å²) in [6, 6.07) is 3.40. The first-order valence-corrected chi connectivity index (χ1v) is 6.12. The second-order valence-electron chi connectivity index (χ2n) is 4.47. The van der Waals surface area contributed by atoms with E-state index in [0.29, 0.717) is 18.0 Å². The number of amides is 1. The number of pyridine rings is 1. The molecule has 0 saturated carbocycles. The number of nitrogens with zero attached hydrogens (tertiary/aromatic N) is 2. The van der Waals surface area contributed by atoms with Crippen molar-refractivity contribution in [1.29, 1.82) is 0 Å². The van der Waals surface area contributed by atoms with Crippen molar-refractivity contribution in [3.8, 4) is 0 Å². The lowest BCUT2D eigenvalue weighted by Crippen LogP contribution is -2.30. The zero-order valence-corrected chi connectivity index (χ0v) is 10.6. The minimum Gasteiger partial charge on any atom is -0.352 e. The maximum atomic E-state index is 11.9. The summed E-state index contributed by atoms with van der Waals surface area (Å²) in [4.78, 5) is 18.0. The lowest BCUT2D eigenvalue weighted by molar-refractivity contribution is 0.0947. The van der Waals surface area contributed by atoms with Crippen molar-refractivity contribution in [3.05, 3.63) is 29.0 Å². The summed E-state index contributed by atoms with van der Waals surface area (Å²) < 4.78 is 0. The van der Waals surface area contributed by atoms with Crippen molar-refractivity contribution in [2.45, 2.75) is 6.42 Å². The summed E-state index contributed by atoms with van der Waals surface area (Å²) in [5.41, 5.74) is 0.445. The number of halogens is 1. The average Bonchev–Trinajstić information content (AvgIpc) is 2.73. The molecule has 1 aliphatic heterocycles. The Kier molecular flexibility index (Phi) is 3.97. The van der Waals surface area contributed by atoms with E-state index in [4.69, 9.17) is 11.6 Å². The van der Waals surface area contributed by atoms with Gasteiger partial charge in [-0.2, -0.15) is 0 Å². The van der Waals surface area contributed by atoms with Crippen LogP contribution < -0.4 is 5.32 Å². The van der Waals surface area contributed by atoms with E-state index < -0.39 is 0 Å². The Morgan fingerprint density at radius 1 is 1.71 bits per heavy atom. The Hall–Kier alpha value is -1.13. The fourth-order valence-corrected chi connectivity index (χ4v) is 2.29. The van der Waals surface area contributed by atoms with Gasteiger partial charge in [0.2, 0.25) is 0 Å². The van der Waals surface area contributed by atoms with Crippen LogP contribution in [0.1, 0.15) is 16.8 Å². The molecule has 2 heterocycles. The van der Waals surface area contributed by atoms with Gasteiger partial charge in [-0.1, -0.05) is 11.6 Å². The Morgan fingerprint density at radius 3 is 3.18 bits per heavy atom. The molecule has 1 aromatic heterocycles.